The van der Waals surface area contributed by atoms with Gasteiger partial charge in [-0.05, 0) is 19.9 Å². The van der Waals surface area contributed by atoms with Crippen molar-refractivity contribution in [1.82, 2.24) is 4.98 Å². The Hall–Kier alpha value is -1.53. The van der Waals surface area contributed by atoms with Gasteiger partial charge in [-0.1, -0.05) is 6.92 Å². The van der Waals surface area contributed by atoms with Crippen LogP contribution in [-0.2, 0) is 0 Å². The van der Waals surface area contributed by atoms with Gasteiger partial charge >= 0.3 is 0 Å². The lowest BCUT2D eigenvalue weighted by Crippen LogP contribution is -2.12. The van der Waals surface area contributed by atoms with Crippen LogP contribution in [0, 0.1) is 17.0 Å². The number of rotatable bonds is 3. The number of nitro groups is 1. The molecule has 0 aliphatic carbocycles. The van der Waals surface area contributed by atoms with Crippen molar-refractivity contribution in [3.63, 3.8) is 0 Å². The fraction of sp³-hybridized carbons (Fsp3) is 0.417. The summed E-state index contributed by atoms with van der Waals surface area (Å²) in [5, 5.41) is 21.6. The number of thiazole rings is 1. The van der Waals surface area contributed by atoms with Crippen LogP contribution in [0.25, 0.3) is 10.2 Å². The number of benzene rings is 1. The van der Waals surface area contributed by atoms with Gasteiger partial charge in [-0.3, -0.25) is 10.1 Å². The Labute approximate surface area is 108 Å². The first kappa shape index (κ1) is 12.9. The van der Waals surface area contributed by atoms with Crippen LogP contribution in [0.3, 0.4) is 0 Å². The van der Waals surface area contributed by atoms with E-state index < -0.39 is 11.0 Å². The van der Waals surface area contributed by atoms with Crippen LogP contribution < -0.4 is 0 Å². The van der Waals surface area contributed by atoms with Gasteiger partial charge in [0.2, 0.25) is 0 Å². The Morgan fingerprint density at radius 2 is 2.11 bits per heavy atom. The largest absolute Gasteiger partial charge is 0.393 e. The quantitative estimate of drug-likeness (QED) is 0.684. The summed E-state index contributed by atoms with van der Waals surface area (Å²) in [7, 11) is 0. The molecule has 0 aliphatic rings. The van der Waals surface area contributed by atoms with Crippen molar-refractivity contribution in [2.24, 2.45) is 0 Å². The van der Waals surface area contributed by atoms with Gasteiger partial charge in [0.25, 0.3) is 5.69 Å². The molecular weight excluding hydrogens is 252 g/mol. The van der Waals surface area contributed by atoms with Crippen LogP contribution in [-0.4, -0.2) is 21.1 Å². The first-order valence-electron chi connectivity index (χ1n) is 5.63. The Kier molecular flexibility index (Phi) is 3.32. The Bertz CT molecular complexity index is 607. The highest BCUT2D eigenvalue weighted by Crippen LogP contribution is 2.34. The fourth-order valence-electron chi connectivity index (χ4n) is 1.88. The molecule has 2 atom stereocenters. The summed E-state index contributed by atoms with van der Waals surface area (Å²) >= 11 is 1.43. The molecule has 18 heavy (non-hydrogen) atoms. The van der Waals surface area contributed by atoms with Gasteiger partial charge in [-0.25, -0.2) is 4.98 Å². The van der Waals surface area contributed by atoms with Gasteiger partial charge < -0.3 is 5.11 Å². The van der Waals surface area contributed by atoms with Crippen LogP contribution in [0.1, 0.15) is 30.3 Å². The van der Waals surface area contributed by atoms with Crippen LogP contribution in [0.5, 0.6) is 0 Å². The maximum atomic E-state index is 11.1. The summed E-state index contributed by atoms with van der Waals surface area (Å²) in [6.07, 6.45) is -0.638. The number of aliphatic hydroxyl groups is 1. The van der Waals surface area contributed by atoms with Crippen LogP contribution >= 0.6 is 11.3 Å². The van der Waals surface area contributed by atoms with E-state index in [1.165, 1.54) is 11.3 Å². The van der Waals surface area contributed by atoms with E-state index >= 15 is 0 Å². The van der Waals surface area contributed by atoms with E-state index in [0.717, 1.165) is 15.2 Å². The molecule has 2 rings (SSSR count). The average molecular weight is 266 g/mol. The number of aromatic nitrogens is 1. The van der Waals surface area contributed by atoms with Gasteiger partial charge in [0.15, 0.2) is 0 Å². The lowest BCUT2D eigenvalue weighted by molar-refractivity contribution is -0.385. The molecule has 5 nitrogen and oxygen atoms in total. The van der Waals surface area contributed by atoms with Crippen LogP contribution in [0.4, 0.5) is 5.69 Å². The Morgan fingerprint density at radius 1 is 1.44 bits per heavy atom. The van der Waals surface area contributed by atoms with Crippen molar-refractivity contribution in [3.05, 3.63) is 32.8 Å². The molecule has 0 fully saturated rings. The second kappa shape index (κ2) is 4.62. The molecule has 0 saturated heterocycles. The minimum Gasteiger partial charge on any atom is -0.393 e. The van der Waals surface area contributed by atoms with E-state index in [0.29, 0.717) is 5.56 Å². The third-order valence-electron chi connectivity index (χ3n) is 3.05. The molecule has 1 aromatic carbocycles. The molecule has 2 unspecified atom stereocenters. The maximum absolute atomic E-state index is 11.1. The molecule has 0 bridgehead atoms. The van der Waals surface area contributed by atoms with Crippen molar-refractivity contribution < 1.29 is 10.0 Å². The second-order valence-corrected chi connectivity index (χ2v) is 5.63. The van der Waals surface area contributed by atoms with E-state index in [1.807, 2.05) is 6.92 Å². The topological polar surface area (TPSA) is 76.3 Å². The standard InChI is InChI=1S/C12H14N2O3S/c1-6(7(2)15)9-4-10-12(18-8(3)13-10)5-11(9)14(16)17/h4-7,15H,1-3H3. The fourth-order valence-corrected chi connectivity index (χ4v) is 2.72. The average Bonchev–Trinajstić information content (AvgIpc) is 2.65. The van der Waals surface area contributed by atoms with Crippen molar-refractivity contribution in [2.75, 3.05) is 0 Å². The SMILES string of the molecule is Cc1nc2cc(C(C)C(C)O)c([N+](=O)[O-])cc2s1. The molecule has 1 N–H and O–H groups in total. The zero-order valence-electron chi connectivity index (χ0n) is 10.4. The van der Waals surface area contributed by atoms with Gasteiger partial charge in [0, 0.05) is 17.5 Å². The first-order chi connectivity index (χ1) is 8.40. The molecule has 1 heterocycles. The van der Waals surface area contributed by atoms with Crippen molar-refractivity contribution >= 4 is 27.2 Å². The summed E-state index contributed by atoms with van der Waals surface area (Å²) in [6.45, 7) is 5.28. The summed E-state index contributed by atoms with van der Waals surface area (Å²) in [6, 6.07) is 3.27. The maximum Gasteiger partial charge on any atom is 0.274 e. The summed E-state index contributed by atoms with van der Waals surface area (Å²) in [5.41, 5.74) is 1.35. The van der Waals surface area contributed by atoms with Crippen molar-refractivity contribution in [1.29, 1.82) is 0 Å². The molecule has 96 valence electrons. The van der Waals surface area contributed by atoms with E-state index in [1.54, 1.807) is 26.0 Å². The minimum atomic E-state index is -0.638. The first-order valence-corrected chi connectivity index (χ1v) is 6.45. The van der Waals surface area contributed by atoms with Crippen LogP contribution in [0.15, 0.2) is 12.1 Å². The zero-order chi connectivity index (χ0) is 13.4. The van der Waals surface area contributed by atoms with Gasteiger partial charge in [-0.2, -0.15) is 0 Å². The van der Waals surface area contributed by atoms with Gasteiger partial charge in [-0.15, -0.1) is 11.3 Å². The highest BCUT2D eigenvalue weighted by molar-refractivity contribution is 7.18. The van der Waals surface area contributed by atoms with E-state index in [4.69, 9.17) is 0 Å². The summed E-state index contributed by atoms with van der Waals surface area (Å²) in [5.74, 6) is -0.295. The number of aliphatic hydroxyl groups excluding tert-OH is 1. The number of nitrogens with zero attached hydrogens (tertiary/aromatic N) is 2. The smallest absolute Gasteiger partial charge is 0.274 e. The number of nitro benzene ring substituents is 1. The van der Waals surface area contributed by atoms with Gasteiger partial charge in [0.05, 0.1) is 26.3 Å². The monoisotopic (exact) mass is 266 g/mol. The molecule has 2 aromatic rings. The highest BCUT2D eigenvalue weighted by atomic mass is 32.1. The predicted molar refractivity (Wildman–Crippen MR) is 71.1 cm³/mol. The number of aryl methyl sites for hydroxylation is 1. The Balaban J connectivity index is 2.68. The summed E-state index contributed by atoms with van der Waals surface area (Å²) < 4.78 is 0.806. The third kappa shape index (κ3) is 2.21. The minimum absolute atomic E-state index is 0.0551. The molecule has 0 amide bonds. The van der Waals surface area contributed by atoms with Crippen molar-refractivity contribution in [3.8, 4) is 0 Å². The Morgan fingerprint density at radius 3 is 2.67 bits per heavy atom. The molecular formula is C12H14N2O3S. The normalized spacial score (nSPS) is 14.7. The van der Waals surface area contributed by atoms with E-state index in [9.17, 15) is 15.2 Å². The molecule has 0 spiro atoms. The molecule has 1 aromatic heterocycles. The van der Waals surface area contributed by atoms with E-state index in [-0.39, 0.29) is 11.6 Å². The predicted octanol–water partition coefficient (Wildman–Crippen LogP) is 3.00. The van der Waals surface area contributed by atoms with E-state index in [2.05, 4.69) is 4.98 Å². The van der Waals surface area contributed by atoms with Crippen molar-refractivity contribution in [2.45, 2.75) is 32.8 Å². The number of hydrogen-bond acceptors (Lipinski definition) is 5. The summed E-state index contributed by atoms with van der Waals surface area (Å²) in [4.78, 5) is 15.0. The number of fused-ring (bicyclic) bond motifs is 1. The lowest BCUT2D eigenvalue weighted by atomic mass is 9.94. The lowest BCUT2D eigenvalue weighted by Gasteiger charge is -2.14. The third-order valence-corrected chi connectivity index (χ3v) is 3.99. The second-order valence-electron chi connectivity index (χ2n) is 4.40. The van der Waals surface area contributed by atoms with Crippen LogP contribution in [0.2, 0.25) is 0 Å². The molecule has 0 radical (unpaired) electrons. The molecule has 0 saturated carbocycles. The molecule has 6 heteroatoms. The number of hydrogen-bond donors (Lipinski definition) is 1. The molecule has 0 aliphatic heterocycles. The van der Waals surface area contributed by atoms with Gasteiger partial charge in [0.1, 0.15) is 0 Å². The zero-order valence-corrected chi connectivity index (χ0v) is 11.2. The highest BCUT2D eigenvalue weighted by Gasteiger charge is 2.24.